The lowest BCUT2D eigenvalue weighted by Crippen LogP contribution is -2.54. The summed E-state index contributed by atoms with van der Waals surface area (Å²) in [6.45, 7) is -0.248. The highest BCUT2D eigenvalue weighted by Crippen LogP contribution is 2.45. The van der Waals surface area contributed by atoms with Gasteiger partial charge < -0.3 is 13.7 Å². The van der Waals surface area contributed by atoms with Crippen LogP contribution in [0.1, 0.15) is 19.3 Å². The van der Waals surface area contributed by atoms with E-state index in [2.05, 4.69) is 0 Å². The molecule has 0 aliphatic carbocycles. The molecule has 0 amide bonds. The third kappa shape index (κ3) is 9.10. The van der Waals surface area contributed by atoms with Crippen LogP contribution >= 0.6 is 21.4 Å². The van der Waals surface area contributed by atoms with Crippen LogP contribution in [-0.4, -0.2) is 32.2 Å². The van der Waals surface area contributed by atoms with E-state index in [0.29, 0.717) is 31.8 Å². The van der Waals surface area contributed by atoms with Gasteiger partial charge in [0.2, 0.25) is 0 Å². The lowest BCUT2D eigenvalue weighted by Gasteiger charge is -2.21. The summed E-state index contributed by atoms with van der Waals surface area (Å²) in [5, 5.41) is 4.05. The highest BCUT2D eigenvalue weighted by molar-refractivity contribution is 7.79. The quantitative estimate of drug-likeness (QED) is 0.0926. The van der Waals surface area contributed by atoms with Gasteiger partial charge in [0.1, 0.15) is 21.4 Å². The maximum absolute atomic E-state index is 14.8. The minimum absolute atomic E-state index is 0.0827. The lowest BCUT2D eigenvalue weighted by atomic mass is 10.4. The van der Waals surface area contributed by atoms with Gasteiger partial charge >= 0.3 is 17.1 Å². The summed E-state index contributed by atoms with van der Waals surface area (Å²) in [5.74, 6) is 0. The molecule has 0 aliphatic heterocycles. The van der Waals surface area contributed by atoms with Gasteiger partial charge in [-0.1, -0.05) is 182 Å². The van der Waals surface area contributed by atoms with E-state index in [1.54, 1.807) is 0 Å². The Bertz CT molecular complexity index is 2360. The molecule has 6 aromatic carbocycles. The topological polar surface area (TPSA) is 117 Å². The Hall–Kier alpha value is -5.58. The zero-order valence-electron chi connectivity index (χ0n) is 33.3. The lowest BCUT2D eigenvalue weighted by molar-refractivity contribution is 0.438. The van der Waals surface area contributed by atoms with Crippen molar-refractivity contribution in [3.63, 3.8) is 0 Å². The molecule has 0 aliphatic rings. The van der Waals surface area contributed by atoms with Crippen LogP contribution in [0.25, 0.3) is 0 Å². The maximum atomic E-state index is 14.8. The maximum Gasteiger partial charge on any atom is 0.336 e. The summed E-state index contributed by atoms with van der Waals surface area (Å²) >= 11 is 0. The molecule has 0 bridgehead atoms. The highest BCUT2D eigenvalue weighted by Gasteiger charge is 2.30. The van der Waals surface area contributed by atoms with Crippen molar-refractivity contribution in [3.05, 3.63) is 213 Å². The van der Waals surface area contributed by atoms with Crippen LogP contribution in [0.5, 0.6) is 0 Å². The Morgan fingerprint density at radius 3 is 0.617 bits per heavy atom. The van der Waals surface area contributed by atoms with Crippen LogP contribution in [-0.2, 0) is 33.3 Å². The van der Waals surface area contributed by atoms with Crippen molar-refractivity contribution in [2.24, 2.45) is 0 Å². The molecule has 60 heavy (non-hydrogen) atoms. The molecule has 0 spiro atoms. The standard InChI is InChI=1S/C48H48N3O6P3/c52-46-49(34-19-37-58(55,40-22-7-1-8-23-40)41-24-9-2-10-25-41)47(53)51(36-21-39-60(57,44-30-15-5-16-31-44)45-32-17-6-18-33-45)48(54)50(46)35-20-38-59(56,42-26-11-3-12-27-42)43-28-13-4-14-29-43/h1-18,22-33H,19-21,34-39H2. The molecular weight excluding hydrogens is 807 g/mol. The molecule has 7 rings (SSSR count). The van der Waals surface area contributed by atoms with Crippen molar-refractivity contribution in [3.8, 4) is 0 Å². The third-order valence-electron chi connectivity index (χ3n) is 11.0. The van der Waals surface area contributed by atoms with Crippen LogP contribution in [0.4, 0.5) is 0 Å². The van der Waals surface area contributed by atoms with Gasteiger partial charge in [-0.3, -0.25) is 0 Å². The molecule has 1 aromatic heterocycles. The summed E-state index contributed by atoms with van der Waals surface area (Å²) in [7, 11) is -9.51. The minimum atomic E-state index is -3.17. The Kier molecular flexibility index (Phi) is 13.6. The van der Waals surface area contributed by atoms with Crippen LogP contribution in [0.3, 0.4) is 0 Å². The van der Waals surface area contributed by atoms with Crippen molar-refractivity contribution >= 4 is 53.3 Å². The number of benzene rings is 6. The molecule has 0 N–H and O–H groups in total. The van der Waals surface area contributed by atoms with Gasteiger partial charge in [-0.05, 0) is 19.3 Å². The third-order valence-corrected chi connectivity index (χ3v) is 20.6. The van der Waals surface area contributed by atoms with E-state index in [9.17, 15) is 28.1 Å². The molecule has 7 aromatic rings. The van der Waals surface area contributed by atoms with E-state index in [1.807, 2.05) is 182 Å². The summed E-state index contributed by atoms with van der Waals surface area (Å²) in [4.78, 5) is 42.9. The second kappa shape index (κ2) is 19.2. The van der Waals surface area contributed by atoms with Crippen molar-refractivity contribution in [2.45, 2.75) is 38.9 Å². The number of hydrogen-bond donors (Lipinski definition) is 0. The average Bonchev–Trinajstić information content (AvgIpc) is 3.31. The predicted molar refractivity (Wildman–Crippen MR) is 247 cm³/mol. The Morgan fingerprint density at radius 1 is 0.283 bits per heavy atom. The first-order valence-electron chi connectivity index (χ1n) is 20.2. The number of rotatable bonds is 18. The molecule has 1 heterocycles. The Labute approximate surface area is 350 Å². The smallest absolute Gasteiger partial charge is 0.314 e. The molecule has 306 valence electrons. The van der Waals surface area contributed by atoms with Gasteiger partial charge in [0.25, 0.3) is 0 Å². The first kappa shape index (κ1) is 42.5. The molecule has 0 saturated heterocycles. The molecule has 0 saturated carbocycles. The van der Waals surface area contributed by atoms with Gasteiger partial charge in [0.05, 0.1) is 0 Å². The Balaban J connectivity index is 1.22. The van der Waals surface area contributed by atoms with E-state index in [0.717, 1.165) is 13.7 Å². The summed E-state index contributed by atoms with van der Waals surface area (Å²) in [5.41, 5.74) is -2.32. The average molecular weight is 856 g/mol. The molecule has 0 radical (unpaired) electrons. The molecule has 0 atom stereocenters. The van der Waals surface area contributed by atoms with Crippen molar-refractivity contribution in [1.82, 2.24) is 13.7 Å². The van der Waals surface area contributed by atoms with Gasteiger partial charge in [-0.2, -0.15) is 0 Å². The normalized spacial score (nSPS) is 12.0. The number of aromatic nitrogens is 3. The van der Waals surface area contributed by atoms with Crippen LogP contribution in [0, 0.1) is 0 Å². The fraction of sp³-hybridized carbons (Fsp3) is 0.188. The second-order valence-corrected chi connectivity index (χ2v) is 23.6. The van der Waals surface area contributed by atoms with Crippen molar-refractivity contribution in [2.75, 3.05) is 18.5 Å². The van der Waals surface area contributed by atoms with E-state index in [4.69, 9.17) is 0 Å². The monoisotopic (exact) mass is 855 g/mol. The molecule has 12 heteroatoms. The first-order valence-corrected chi connectivity index (χ1v) is 25.9. The zero-order valence-corrected chi connectivity index (χ0v) is 36.0. The SMILES string of the molecule is O=c1n(CCCP(=O)(c2ccccc2)c2ccccc2)c(=O)n(CCCP(=O)(c2ccccc2)c2ccccc2)c(=O)n1CCCP(=O)(c1ccccc1)c1ccccc1. The van der Waals surface area contributed by atoms with Crippen molar-refractivity contribution in [1.29, 1.82) is 0 Å². The van der Waals surface area contributed by atoms with Crippen LogP contribution in [0.15, 0.2) is 196 Å². The van der Waals surface area contributed by atoms with E-state index >= 15 is 0 Å². The summed E-state index contributed by atoms with van der Waals surface area (Å²) in [6, 6.07) is 55.3. The fourth-order valence-corrected chi connectivity index (χ4v) is 16.0. The fourth-order valence-electron chi connectivity index (χ4n) is 7.85. The zero-order chi connectivity index (χ0) is 42.0. The number of hydrogen-bond acceptors (Lipinski definition) is 6. The minimum Gasteiger partial charge on any atom is -0.314 e. The van der Waals surface area contributed by atoms with Gasteiger partial charge in [0, 0.05) is 69.9 Å². The molecular formula is C48H48N3O6P3. The number of nitrogens with zero attached hydrogens (tertiary/aromatic N) is 3. The molecule has 9 nitrogen and oxygen atoms in total. The van der Waals surface area contributed by atoms with Crippen molar-refractivity contribution < 1.29 is 13.7 Å². The van der Waals surface area contributed by atoms with Gasteiger partial charge in [0.15, 0.2) is 0 Å². The van der Waals surface area contributed by atoms with E-state index < -0.39 is 38.5 Å². The summed E-state index contributed by atoms with van der Waals surface area (Å²) in [6.07, 6.45) is 1.18. The highest BCUT2D eigenvalue weighted by atomic mass is 31.2. The van der Waals surface area contributed by atoms with Gasteiger partial charge in [-0.15, -0.1) is 0 Å². The second-order valence-electron chi connectivity index (χ2n) is 14.8. The molecule has 0 fully saturated rings. The first-order chi connectivity index (χ1) is 29.1. The molecule has 0 unspecified atom stereocenters. The van der Waals surface area contributed by atoms with E-state index in [-0.39, 0.29) is 57.4 Å². The van der Waals surface area contributed by atoms with Crippen LogP contribution in [0.2, 0.25) is 0 Å². The van der Waals surface area contributed by atoms with E-state index in [1.165, 1.54) is 0 Å². The predicted octanol–water partition coefficient (Wildman–Crippen LogP) is 6.38. The largest absolute Gasteiger partial charge is 0.336 e. The van der Waals surface area contributed by atoms with Crippen LogP contribution < -0.4 is 48.9 Å². The van der Waals surface area contributed by atoms with Gasteiger partial charge in [-0.25, -0.2) is 28.1 Å². The Morgan fingerprint density at radius 2 is 0.450 bits per heavy atom. The summed E-state index contributed by atoms with van der Waals surface area (Å²) < 4.78 is 47.6.